The van der Waals surface area contributed by atoms with Crippen LogP contribution >= 0.6 is 39.3 Å². The van der Waals surface area contributed by atoms with Crippen molar-refractivity contribution in [2.75, 3.05) is 17.7 Å². The van der Waals surface area contributed by atoms with E-state index in [2.05, 4.69) is 15.9 Å². The van der Waals surface area contributed by atoms with Crippen molar-refractivity contribution in [1.82, 2.24) is 0 Å². The molecule has 0 N–H and O–H groups in total. The van der Waals surface area contributed by atoms with Crippen molar-refractivity contribution < 1.29 is 4.79 Å². The van der Waals surface area contributed by atoms with Gasteiger partial charge in [0.2, 0.25) is 5.91 Å². The van der Waals surface area contributed by atoms with Crippen molar-refractivity contribution in [3.05, 3.63) is 23.2 Å². The summed E-state index contributed by atoms with van der Waals surface area (Å²) in [5.74, 6) is 0.152. The quantitative estimate of drug-likeness (QED) is 0.613. The standard InChI is InChI=1S/C11H11BrClNOS/c1-16-10-3-2-8(13)5-9(10)14-6-7(12)4-11(14)15/h2-3,5,7H,4,6H2,1H3. The summed E-state index contributed by atoms with van der Waals surface area (Å²) in [4.78, 5) is 14.9. The first-order chi connectivity index (χ1) is 7.61. The van der Waals surface area contributed by atoms with Crippen LogP contribution in [-0.4, -0.2) is 23.5 Å². The molecular weight excluding hydrogens is 310 g/mol. The number of carbonyl (C=O) groups excluding carboxylic acids is 1. The lowest BCUT2D eigenvalue weighted by Gasteiger charge is -2.19. The predicted octanol–water partition coefficient (Wildman–Crippen LogP) is 3.56. The van der Waals surface area contributed by atoms with Gasteiger partial charge in [-0.2, -0.15) is 0 Å². The Hall–Kier alpha value is -0.190. The van der Waals surface area contributed by atoms with E-state index in [0.717, 1.165) is 10.6 Å². The molecule has 0 bridgehead atoms. The van der Waals surface area contributed by atoms with E-state index in [0.29, 0.717) is 18.0 Å². The van der Waals surface area contributed by atoms with Crippen LogP contribution in [0.25, 0.3) is 0 Å². The number of carbonyl (C=O) groups is 1. The number of thioether (sulfide) groups is 1. The van der Waals surface area contributed by atoms with Crippen LogP contribution in [0, 0.1) is 0 Å². The molecule has 1 unspecified atom stereocenters. The molecule has 1 saturated heterocycles. The average Bonchev–Trinajstić information content (AvgIpc) is 2.57. The van der Waals surface area contributed by atoms with E-state index in [9.17, 15) is 4.79 Å². The van der Waals surface area contributed by atoms with Gasteiger partial charge >= 0.3 is 0 Å². The van der Waals surface area contributed by atoms with E-state index in [1.807, 2.05) is 24.5 Å². The smallest absolute Gasteiger partial charge is 0.228 e. The number of nitrogens with zero attached hydrogens (tertiary/aromatic N) is 1. The summed E-state index contributed by atoms with van der Waals surface area (Å²) in [5, 5.41) is 0.665. The normalized spacial score (nSPS) is 20.6. The molecule has 16 heavy (non-hydrogen) atoms. The van der Waals surface area contributed by atoms with Gasteiger partial charge < -0.3 is 4.90 Å². The number of halogens is 2. The first kappa shape index (κ1) is 12.3. The molecule has 2 rings (SSSR count). The Morgan fingerprint density at radius 2 is 2.31 bits per heavy atom. The third-order valence-electron chi connectivity index (χ3n) is 2.51. The number of alkyl halides is 1. The minimum atomic E-state index is 0.152. The molecule has 0 spiro atoms. The molecule has 0 radical (unpaired) electrons. The van der Waals surface area contributed by atoms with Gasteiger partial charge in [-0.15, -0.1) is 11.8 Å². The molecule has 1 fully saturated rings. The summed E-state index contributed by atoms with van der Waals surface area (Å²) >= 11 is 11.1. The Morgan fingerprint density at radius 3 is 2.88 bits per heavy atom. The van der Waals surface area contributed by atoms with Crippen LogP contribution in [0.15, 0.2) is 23.1 Å². The Bertz CT molecular complexity index is 426. The SMILES string of the molecule is CSc1ccc(Cl)cc1N1CC(Br)CC1=O. The van der Waals surface area contributed by atoms with Gasteiger partial charge in [-0.1, -0.05) is 27.5 Å². The monoisotopic (exact) mass is 319 g/mol. The first-order valence-electron chi connectivity index (χ1n) is 4.90. The van der Waals surface area contributed by atoms with Gasteiger partial charge in [-0.25, -0.2) is 0 Å². The van der Waals surface area contributed by atoms with Crippen molar-refractivity contribution in [2.45, 2.75) is 16.1 Å². The lowest BCUT2D eigenvalue weighted by Crippen LogP contribution is -2.25. The number of anilines is 1. The molecule has 1 aliphatic heterocycles. The van der Waals surface area contributed by atoms with Crippen LogP contribution in [0.3, 0.4) is 0 Å². The van der Waals surface area contributed by atoms with Gasteiger partial charge in [0.05, 0.1) is 5.69 Å². The number of rotatable bonds is 2. The van der Waals surface area contributed by atoms with E-state index in [1.54, 1.807) is 16.7 Å². The fourth-order valence-electron chi connectivity index (χ4n) is 1.77. The van der Waals surface area contributed by atoms with Gasteiger partial charge in [0.15, 0.2) is 0 Å². The first-order valence-corrected chi connectivity index (χ1v) is 7.41. The number of benzene rings is 1. The summed E-state index contributed by atoms with van der Waals surface area (Å²) in [6, 6.07) is 5.66. The minimum absolute atomic E-state index is 0.152. The second kappa shape index (κ2) is 4.98. The van der Waals surface area contributed by atoms with Gasteiger partial charge in [0.25, 0.3) is 0 Å². The van der Waals surface area contributed by atoms with Crippen LogP contribution in [-0.2, 0) is 4.79 Å². The zero-order valence-corrected chi connectivity index (χ0v) is 11.9. The van der Waals surface area contributed by atoms with Crippen molar-refractivity contribution >= 4 is 50.9 Å². The molecule has 5 heteroatoms. The van der Waals surface area contributed by atoms with Gasteiger partial charge in [-0.05, 0) is 24.5 Å². The van der Waals surface area contributed by atoms with E-state index >= 15 is 0 Å². The predicted molar refractivity (Wildman–Crippen MR) is 72.9 cm³/mol. The van der Waals surface area contributed by atoms with E-state index in [-0.39, 0.29) is 10.7 Å². The third-order valence-corrected chi connectivity index (χ3v) is 4.14. The Kier molecular flexibility index (Phi) is 3.82. The molecule has 2 nitrogen and oxygen atoms in total. The van der Waals surface area contributed by atoms with Gasteiger partial charge in [-0.3, -0.25) is 4.79 Å². The molecule has 0 aliphatic carbocycles. The molecule has 1 aliphatic rings. The highest BCUT2D eigenvalue weighted by atomic mass is 79.9. The molecule has 1 heterocycles. The topological polar surface area (TPSA) is 20.3 Å². The summed E-state index contributed by atoms with van der Waals surface area (Å²) in [5.41, 5.74) is 0.923. The van der Waals surface area contributed by atoms with Crippen molar-refractivity contribution in [3.8, 4) is 0 Å². The summed E-state index contributed by atoms with van der Waals surface area (Å²) in [7, 11) is 0. The number of hydrogen-bond donors (Lipinski definition) is 0. The largest absolute Gasteiger partial charge is 0.310 e. The second-order valence-electron chi connectivity index (χ2n) is 3.62. The minimum Gasteiger partial charge on any atom is -0.310 e. The highest BCUT2D eigenvalue weighted by Crippen LogP contribution is 2.34. The molecule has 1 aromatic rings. The number of amides is 1. The lowest BCUT2D eigenvalue weighted by molar-refractivity contribution is -0.117. The summed E-state index contributed by atoms with van der Waals surface area (Å²) in [6.45, 7) is 0.715. The molecule has 1 atom stereocenters. The summed E-state index contributed by atoms with van der Waals surface area (Å²) < 4.78 is 0. The van der Waals surface area contributed by atoms with Crippen molar-refractivity contribution in [1.29, 1.82) is 0 Å². The fraction of sp³-hybridized carbons (Fsp3) is 0.364. The molecule has 0 aromatic heterocycles. The maximum atomic E-state index is 11.8. The molecule has 1 amide bonds. The average molecular weight is 321 g/mol. The zero-order valence-electron chi connectivity index (χ0n) is 8.74. The van der Waals surface area contributed by atoms with E-state index in [1.165, 1.54) is 0 Å². The van der Waals surface area contributed by atoms with Gasteiger partial charge in [0.1, 0.15) is 0 Å². The molecular formula is C11H11BrClNOS. The van der Waals surface area contributed by atoms with Gasteiger partial charge in [0, 0.05) is 27.7 Å². The van der Waals surface area contributed by atoms with Crippen LogP contribution in [0.5, 0.6) is 0 Å². The summed E-state index contributed by atoms with van der Waals surface area (Å²) in [6.07, 6.45) is 2.55. The zero-order chi connectivity index (χ0) is 11.7. The Balaban J connectivity index is 2.39. The fourth-order valence-corrected chi connectivity index (χ4v) is 3.09. The van der Waals surface area contributed by atoms with Crippen LogP contribution in [0.2, 0.25) is 5.02 Å². The van der Waals surface area contributed by atoms with E-state index in [4.69, 9.17) is 11.6 Å². The van der Waals surface area contributed by atoms with Crippen molar-refractivity contribution in [3.63, 3.8) is 0 Å². The molecule has 0 saturated carbocycles. The van der Waals surface area contributed by atoms with Crippen LogP contribution < -0.4 is 4.90 Å². The highest BCUT2D eigenvalue weighted by molar-refractivity contribution is 9.09. The second-order valence-corrected chi connectivity index (χ2v) is 6.20. The van der Waals surface area contributed by atoms with Crippen molar-refractivity contribution in [2.24, 2.45) is 0 Å². The lowest BCUT2D eigenvalue weighted by atomic mass is 10.3. The number of hydrogen-bond acceptors (Lipinski definition) is 2. The molecule has 86 valence electrons. The maximum Gasteiger partial charge on any atom is 0.228 e. The maximum absolute atomic E-state index is 11.8. The van der Waals surface area contributed by atoms with E-state index < -0.39 is 0 Å². The van der Waals surface area contributed by atoms with Crippen LogP contribution in [0.4, 0.5) is 5.69 Å². The Labute approximate surface area is 112 Å². The highest BCUT2D eigenvalue weighted by Gasteiger charge is 2.30. The molecule has 1 aromatic carbocycles. The Morgan fingerprint density at radius 1 is 1.56 bits per heavy atom. The third kappa shape index (κ3) is 2.39. The van der Waals surface area contributed by atoms with Crippen LogP contribution in [0.1, 0.15) is 6.42 Å².